The molecule has 0 aromatic heterocycles. The smallest absolute Gasteiger partial charge is 0.241 e. The fourth-order valence-corrected chi connectivity index (χ4v) is 1.41. The van der Waals surface area contributed by atoms with Gasteiger partial charge >= 0.3 is 0 Å². The van der Waals surface area contributed by atoms with Gasteiger partial charge < -0.3 is 11.1 Å². The molecule has 0 bridgehead atoms. The highest BCUT2D eigenvalue weighted by atomic mass is 35.5. The lowest BCUT2D eigenvalue weighted by Crippen LogP contribution is -2.34. The summed E-state index contributed by atoms with van der Waals surface area (Å²) in [5.74, 6) is -0.205. The summed E-state index contributed by atoms with van der Waals surface area (Å²) >= 11 is 5.97. The SMILES string of the molecule is CC[C@@H](N)C(=O)Nc1ccc(C)cc1Cl. The number of aryl methyl sites for hydroxylation is 1. The van der Waals surface area contributed by atoms with E-state index in [9.17, 15) is 4.79 Å². The van der Waals surface area contributed by atoms with E-state index in [4.69, 9.17) is 17.3 Å². The first kappa shape index (κ1) is 12.0. The predicted molar refractivity (Wildman–Crippen MR) is 63.1 cm³/mol. The van der Waals surface area contributed by atoms with E-state index in [1.54, 1.807) is 12.1 Å². The number of hydrogen-bond acceptors (Lipinski definition) is 2. The van der Waals surface area contributed by atoms with Crippen LogP contribution in [0, 0.1) is 6.92 Å². The Labute approximate surface area is 94.6 Å². The number of hydrogen-bond donors (Lipinski definition) is 2. The first-order valence-electron chi connectivity index (χ1n) is 4.87. The molecular weight excluding hydrogens is 212 g/mol. The number of carbonyl (C=O) groups is 1. The van der Waals surface area contributed by atoms with Crippen molar-refractivity contribution in [3.05, 3.63) is 28.8 Å². The molecule has 0 aliphatic heterocycles. The summed E-state index contributed by atoms with van der Waals surface area (Å²) in [5, 5.41) is 3.23. The maximum absolute atomic E-state index is 11.5. The van der Waals surface area contributed by atoms with Crippen molar-refractivity contribution >= 4 is 23.2 Å². The van der Waals surface area contributed by atoms with Gasteiger partial charge in [-0.15, -0.1) is 0 Å². The number of benzene rings is 1. The van der Waals surface area contributed by atoms with E-state index in [2.05, 4.69) is 5.32 Å². The predicted octanol–water partition coefficient (Wildman–Crippen LogP) is 2.32. The average molecular weight is 227 g/mol. The Morgan fingerprint density at radius 2 is 2.27 bits per heavy atom. The number of nitrogens with one attached hydrogen (secondary N) is 1. The van der Waals surface area contributed by atoms with E-state index < -0.39 is 6.04 Å². The van der Waals surface area contributed by atoms with Crippen LogP contribution in [-0.4, -0.2) is 11.9 Å². The van der Waals surface area contributed by atoms with Crippen LogP contribution < -0.4 is 11.1 Å². The van der Waals surface area contributed by atoms with Crippen LogP contribution in [0.1, 0.15) is 18.9 Å². The fraction of sp³-hybridized carbons (Fsp3) is 0.364. The van der Waals surface area contributed by atoms with Gasteiger partial charge in [-0.3, -0.25) is 4.79 Å². The minimum Gasteiger partial charge on any atom is -0.323 e. The summed E-state index contributed by atoms with van der Waals surface area (Å²) in [6, 6.07) is 4.98. The van der Waals surface area contributed by atoms with Crippen molar-refractivity contribution in [2.24, 2.45) is 5.73 Å². The van der Waals surface area contributed by atoms with Crippen molar-refractivity contribution < 1.29 is 4.79 Å². The topological polar surface area (TPSA) is 55.1 Å². The van der Waals surface area contributed by atoms with E-state index in [1.807, 2.05) is 19.9 Å². The number of carbonyl (C=O) groups excluding carboxylic acids is 1. The fourth-order valence-electron chi connectivity index (χ4n) is 1.13. The standard InChI is InChI=1S/C11H15ClN2O/c1-3-9(13)11(15)14-10-5-4-7(2)6-8(10)12/h4-6,9H,3,13H2,1-2H3,(H,14,15)/t9-/m1/s1. The highest BCUT2D eigenvalue weighted by Gasteiger charge is 2.12. The van der Waals surface area contributed by atoms with Crippen molar-refractivity contribution in [3.8, 4) is 0 Å². The van der Waals surface area contributed by atoms with Gasteiger partial charge in [0.15, 0.2) is 0 Å². The summed E-state index contributed by atoms with van der Waals surface area (Å²) in [5.41, 5.74) is 7.25. The average Bonchev–Trinajstić information content (AvgIpc) is 2.20. The normalized spacial score (nSPS) is 12.3. The van der Waals surface area contributed by atoms with Crippen LogP contribution in [0.3, 0.4) is 0 Å². The molecule has 3 N–H and O–H groups in total. The third-order valence-electron chi connectivity index (χ3n) is 2.16. The number of rotatable bonds is 3. The van der Waals surface area contributed by atoms with E-state index in [0.717, 1.165) is 5.56 Å². The van der Waals surface area contributed by atoms with Crippen LogP contribution in [-0.2, 0) is 4.79 Å². The summed E-state index contributed by atoms with van der Waals surface area (Å²) in [7, 11) is 0. The zero-order valence-corrected chi connectivity index (χ0v) is 9.64. The van der Waals surface area contributed by atoms with Gasteiger partial charge in [0, 0.05) is 0 Å². The molecule has 1 atom stereocenters. The first-order chi connectivity index (χ1) is 7.04. The number of nitrogens with two attached hydrogens (primary N) is 1. The van der Waals surface area contributed by atoms with E-state index in [1.165, 1.54) is 0 Å². The van der Waals surface area contributed by atoms with Crippen LogP contribution in [0.2, 0.25) is 5.02 Å². The molecular formula is C11H15ClN2O. The lowest BCUT2D eigenvalue weighted by atomic mass is 10.2. The van der Waals surface area contributed by atoms with Crippen molar-refractivity contribution in [1.82, 2.24) is 0 Å². The van der Waals surface area contributed by atoms with E-state index >= 15 is 0 Å². The molecule has 0 fully saturated rings. The second-order valence-corrected chi connectivity index (χ2v) is 3.89. The Balaban J connectivity index is 2.77. The molecule has 4 heteroatoms. The molecule has 0 unspecified atom stereocenters. The van der Waals surface area contributed by atoms with Crippen LogP contribution in [0.15, 0.2) is 18.2 Å². The molecule has 0 spiro atoms. The third kappa shape index (κ3) is 3.22. The van der Waals surface area contributed by atoms with Gasteiger partial charge in [-0.25, -0.2) is 0 Å². The molecule has 0 saturated carbocycles. The molecule has 3 nitrogen and oxygen atoms in total. The largest absolute Gasteiger partial charge is 0.323 e. The van der Waals surface area contributed by atoms with Gasteiger partial charge in [-0.2, -0.15) is 0 Å². The second-order valence-electron chi connectivity index (χ2n) is 3.49. The molecule has 1 rings (SSSR count). The number of halogens is 1. The van der Waals surface area contributed by atoms with Crippen LogP contribution in [0.25, 0.3) is 0 Å². The van der Waals surface area contributed by atoms with Crippen molar-refractivity contribution in [3.63, 3.8) is 0 Å². The van der Waals surface area contributed by atoms with E-state index in [0.29, 0.717) is 17.1 Å². The Kier molecular flexibility index (Phi) is 4.12. The first-order valence-corrected chi connectivity index (χ1v) is 5.25. The lowest BCUT2D eigenvalue weighted by Gasteiger charge is -2.11. The second kappa shape index (κ2) is 5.14. The monoisotopic (exact) mass is 226 g/mol. The Hall–Kier alpha value is -1.06. The molecule has 82 valence electrons. The highest BCUT2D eigenvalue weighted by Crippen LogP contribution is 2.22. The van der Waals surface area contributed by atoms with Crippen molar-refractivity contribution in [1.29, 1.82) is 0 Å². The van der Waals surface area contributed by atoms with Crippen molar-refractivity contribution in [2.45, 2.75) is 26.3 Å². The van der Waals surface area contributed by atoms with Crippen LogP contribution >= 0.6 is 11.6 Å². The molecule has 0 saturated heterocycles. The Morgan fingerprint density at radius 3 is 2.80 bits per heavy atom. The third-order valence-corrected chi connectivity index (χ3v) is 2.47. The molecule has 0 aliphatic rings. The molecule has 1 aromatic rings. The quantitative estimate of drug-likeness (QED) is 0.831. The molecule has 0 radical (unpaired) electrons. The van der Waals surface area contributed by atoms with Gasteiger partial charge in [0.2, 0.25) is 5.91 Å². The zero-order chi connectivity index (χ0) is 11.4. The lowest BCUT2D eigenvalue weighted by molar-refractivity contribution is -0.117. The molecule has 1 amide bonds. The zero-order valence-electron chi connectivity index (χ0n) is 8.88. The minimum atomic E-state index is -0.484. The van der Waals surface area contributed by atoms with Gasteiger partial charge in [0.05, 0.1) is 16.8 Å². The molecule has 15 heavy (non-hydrogen) atoms. The van der Waals surface area contributed by atoms with Gasteiger partial charge in [-0.05, 0) is 31.0 Å². The van der Waals surface area contributed by atoms with E-state index in [-0.39, 0.29) is 5.91 Å². The Bertz CT molecular complexity index is 366. The van der Waals surface area contributed by atoms with Crippen molar-refractivity contribution in [2.75, 3.05) is 5.32 Å². The summed E-state index contributed by atoms with van der Waals surface area (Å²) < 4.78 is 0. The number of anilines is 1. The van der Waals surface area contributed by atoms with Gasteiger partial charge in [0.1, 0.15) is 0 Å². The maximum Gasteiger partial charge on any atom is 0.241 e. The summed E-state index contributed by atoms with van der Waals surface area (Å²) in [6.07, 6.45) is 0.606. The Morgan fingerprint density at radius 1 is 1.60 bits per heavy atom. The van der Waals surface area contributed by atoms with Gasteiger partial charge in [-0.1, -0.05) is 24.6 Å². The minimum absolute atomic E-state index is 0.205. The molecule has 0 aliphatic carbocycles. The van der Waals surface area contributed by atoms with Gasteiger partial charge in [0.25, 0.3) is 0 Å². The summed E-state index contributed by atoms with van der Waals surface area (Å²) in [6.45, 7) is 3.80. The van der Waals surface area contributed by atoms with Crippen LogP contribution in [0.5, 0.6) is 0 Å². The van der Waals surface area contributed by atoms with Crippen LogP contribution in [0.4, 0.5) is 5.69 Å². The highest BCUT2D eigenvalue weighted by molar-refractivity contribution is 6.33. The molecule has 1 aromatic carbocycles. The summed E-state index contributed by atoms with van der Waals surface area (Å²) in [4.78, 5) is 11.5. The number of amides is 1. The molecule has 0 heterocycles. The maximum atomic E-state index is 11.5.